The summed E-state index contributed by atoms with van der Waals surface area (Å²) in [4.78, 5) is 11.5. The Morgan fingerprint density at radius 3 is 2.94 bits per heavy atom. The van der Waals surface area contributed by atoms with Crippen molar-refractivity contribution in [1.82, 2.24) is 14.4 Å². The summed E-state index contributed by atoms with van der Waals surface area (Å²) >= 11 is 0. The summed E-state index contributed by atoms with van der Waals surface area (Å²) in [5.41, 5.74) is 10.1. The van der Waals surface area contributed by atoms with E-state index in [2.05, 4.69) is 4.98 Å². The van der Waals surface area contributed by atoms with Crippen LogP contribution in [0.1, 0.15) is 6.42 Å². The first-order valence-corrected chi connectivity index (χ1v) is 10.8. The molecular formula is C24H26FN5O2. The van der Waals surface area contributed by atoms with Gasteiger partial charge in [-0.3, -0.25) is 4.40 Å². The molecule has 1 fully saturated rings. The number of hydrogen-bond donors (Lipinski definition) is 1. The van der Waals surface area contributed by atoms with Crippen LogP contribution in [-0.2, 0) is 4.74 Å². The maximum absolute atomic E-state index is 14.3. The van der Waals surface area contributed by atoms with E-state index in [0.717, 1.165) is 39.4 Å². The highest BCUT2D eigenvalue weighted by Crippen LogP contribution is 2.31. The van der Waals surface area contributed by atoms with Crippen molar-refractivity contribution in [3.8, 4) is 17.1 Å². The Morgan fingerprint density at radius 2 is 2.09 bits per heavy atom. The molecule has 4 aromatic rings. The standard InChI is InChI=1S/C24H26FN5O2/c1-31-11-12-32-17-7-10-30-22(14-27-23(30)13-17)20-6-5-16-3-2-4-21(24(16)28-20)29-9-8-19(26)18(25)15-29/h2-7,10,13-14,18-19H,8-9,11-12,15,26H2,1H3. The predicted octanol–water partition coefficient (Wildman–Crippen LogP) is 3.45. The second-order valence-electron chi connectivity index (χ2n) is 8.04. The molecule has 3 aromatic heterocycles. The molecule has 4 heterocycles. The first-order chi connectivity index (χ1) is 15.6. The number of alkyl halides is 1. The SMILES string of the molecule is COCCOc1ccn2c(-c3ccc4cccc(N5CCC(N)C(F)C5)c4n3)cnc2c1. The fourth-order valence-electron chi connectivity index (χ4n) is 4.16. The van der Waals surface area contributed by atoms with Crippen molar-refractivity contribution < 1.29 is 13.9 Å². The quantitative estimate of drug-likeness (QED) is 0.468. The third-order valence-electron chi connectivity index (χ3n) is 5.93. The van der Waals surface area contributed by atoms with E-state index in [0.29, 0.717) is 26.2 Å². The first-order valence-electron chi connectivity index (χ1n) is 10.8. The Bertz CT molecular complexity index is 1240. The van der Waals surface area contributed by atoms with Crippen LogP contribution in [0.4, 0.5) is 10.1 Å². The molecular weight excluding hydrogens is 409 g/mol. The molecule has 8 heteroatoms. The van der Waals surface area contributed by atoms with Gasteiger partial charge in [-0.05, 0) is 24.6 Å². The summed E-state index contributed by atoms with van der Waals surface area (Å²) in [6.45, 7) is 2.01. The van der Waals surface area contributed by atoms with Crippen LogP contribution in [0.3, 0.4) is 0 Å². The van der Waals surface area contributed by atoms with Crippen LogP contribution in [0.2, 0.25) is 0 Å². The molecule has 5 rings (SSSR count). The molecule has 1 aliphatic rings. The Hall–Kier alpha value is -3.23. The summed E-state index contributed by atoms with van der Waals surface area (Å²) in [6, 6.07) is 13.4. The Balaban J connectivity index is 1.50. The van der Waals surface area contributed by atoms with Crippen LogP contribution >= 0.6 is 0 Å². The van der Waals surface area contributed by atoms with Gasteiger partial charge >= 0.3 is 0 Å². The lowest BCUT2D eigenvalue weighted by Gasteiger charge is -2.34. The van der Waals surface area contributed by atoms with E-state index in [1.54, 1.807) is 7.11 Å². The molecule has 2 unspecified atom stereocenters. The number of ether oxygens (including phenoxy) is 2. The third-order valence-corrected chi connectivity index (χ3v) is 5.93. The fourth-order valence-corrected chi connectivity index (χ4v) is 4.16. The van der Waals surface area contributed by atoms with Crippen LogP contribution < -0.4 is 15.4 Å². The van der Waals surface area contributed by atoms with Gasteiger partial charge in [-0.15, -0.1) is 0 Å². The highest BCUT2D eigenvalue weighted by molar-refractivity contribution is 5.92. The molecule has 1 aromatic carbocycles. The van der Waals surface area contributed by atoms with Crippen LogP contribution in [0.5, 0.6) is 5.75 Å². The molecule has 0 amide bonds. The number of imidazole rings is 1. The molecule has 2 N–H and O–H groups in total. The molecule has 0 aliphatic carbocycles. The van der Waals surface area contributed by atoms with E-state index in [1.807, 2.05) is 64.2 Å². The Labute approximate surface area is 185 Å². The summed E-state index contributed by atoms with van der Waals surface area (Å²) in [7, 11) is 1.64. The van der Waals surface area contributed by atoms with Crippen molar-refractivity contribution in [3.05, 3.63) is 54.9 Å². The lowest BCUT2D eigenvalue weighted by Crippen LogP contribution is -2.48. The third kappa shape index (κ3) is 3.87. The number of pyridine rings is 2. The lowest BCUT2D eigenvalue weighted by molar-refractivity contribution is 0.146. The average Bonchev–Trinajstić information content (AvgIpc) is 3.24. The molecule has 166 valence electrons. The summed E-state index contributed by atoms with van der Waals surface area (Å²) < 4.78 is 27.0. The number of hydrogen-bond acceptors (Lipinski definition) is 6. The Morgan fingerprint density at radius 1 is 1.19 bits per heavy atom. The van der Waals surface area contributed by atoms with Gasteiger partial charge in [0.1, 0.15) is 24.2 Å². The Kier molecular flexibility index (Phi) is 5.63. The van der Waals surface area contributed by atoms with E-state index in [9.17, 15) is 4.39 Å². The summed E-state index contributed by atoms with van der Waals surface area (Å²) in [5, 5.41) is 1.01. The number of methoxy groups -OCH3 is 1. The number of nitrogens with zero attached hydrogens (tertiary/aromatic N) is 4. The minimum atomic E-state index is -1.04. The zero-order valence-corrected chi connectivity index (χ0v) is 17.9. The van der Waals surface area contributed by atoms with Crippen molar-refractivity contribution in [1.29, 1.82) is 0 Å². The van der Waals surface area contributed by atoms with E-state index in [4.69, 9.17) is 20.2 Å². The maximum atomic E-state index is 14.3. The van der Waals surface area contributed by atoms with Crippen molar-refractivity contribution in [2.75, 3.05) is 38.3 Å². The number of para-hydroxylation sites is 1. The average molecular weight is 436 g/mol. The van der Waals surface area contributed by atoms with Crippen LogP contribution in [0.25, 0.3) is 27.9 Å². The number of fused-ring (bicyclic) bond motifs is 2. The molecule has 0 spiro atoms. The second kappa shape index (κ2) is 8.72. The summed E-state index contributed by atoms with van der Waals surface area (Å²) in [5.74, 6) is 0.740. The molecule has 0 radical (unpaired) electrons. The minimum Gasteiger partial charge on any atom is -0.491 e. The number of anilines is 1. The highest BCUT2D eigenvalue weighted by atomic mass is 19.1. The molecule has 1 saturated heterocycles. The van der Waals surface area contributed by atoms with Crippen LogP contribution in [-0.4, -0.2) is 60.0 Å². The van der Waals surface area contributed by atoms with Gasteiger partial charge < -0.3 is 20.1 Å². The monoisotopic (exact) mass is 435 g/mol. The normalized spacial score (nSPS) is 19.0. The number of rotatable bonds is 6. The predicted molar refractivity (Wildman–Crippen MR) is 123 cm³/mol. The van der Waals surface area contributed by atoms with Crippen molar-refractivity contribution in [2.45, 2.75) is 18.6 Å². The molecule has 2 atom stereocenters. The summed E-state index contributed by atoms with van der Waals surface area (Å²) in [6.07, 6.45) is 3.32. The van der Waals surface area contributed by atoms with Gasteiger partial charge in [-0.25, -0.2) is 14.4 Å². The van der Waals surface area contributed by atoms with Gasteiger partial charge in [0.05, 0.1) is 41.9 Å². The number of benzene rings is 1. The first kappa shape index (κ1) is 20.7. The van der Waals surface area contributed by atoms with Crippen molar-refractivity contribution >= 4 is 22.2 Å². The van der Waals surface area contributed by atoms with Crippen molar-refractivity contribution in [2.24, 2.45) is 5.73 Å². The molecule has 0 saturated carbocycles. The number of nitrogens with two attached hydrogens (primary N) is 1. The zero-order chi connectivity index (χ0) is 22.1. The van der Waals surface area contributed by atoms with Gasteiger partial charge in [0.15, 0.2) is 0 Å². The number of piperidine rings is 1. The largest absolute Gasteiger partial charge is 0.491 e. The fraction of sp³-hybridized carbons (Fsp3) is 0.333. The van der Waals surface area contributed by atoms with Gasteiger partial charge in [0.25, 0.3) is 0 Å². The van der Waals surface area contributed by atoms with Crippen LogP contribution in [0.15, 0.2) is 54.9 Å². The van der Waals surface area contributed by atoms with Crippen molar-refractivity contribution in [3.63, 3.8) is 0 Å². The topological polar surface area (TPSA) is 77.9 Å². The van der Waals surface area contributed by atoms with E-state index in [1.165, 1.54) is 0 Å². The zero-order valence-electron chi connectivity index (χ0n) is 17.9. The van der Waals surface area contributed by atoms with Gasteiger partial charge in [-0.2, -0.15) is 0 Å². The van der Waals surface area contributed by atoms with Gasteiger partial charge in [0.2, 0.25) is 0 Å². The molecule has 1 aliphatic heterocycles. The highest BCUT2D eigenvalue weighted by Gasteiger charge is 2.27. The van der Waals surface area contributed by atoms with Crippen LogP contribution in [0, 0.1) is 0 Å². The second-order valence-corrected chi connectivity index (χ2v) is 8.04. The number of aromatic nitrogens is 3. The molecule has 32 heavy (non-hydrogen) atoms. The van der Waals surface area contributed by atoms with E-state index in [-0.39, 0.29) is 6.54 Å². The lowest BCUT2D eigenvalue weighted by atomic mass is 10.0. The van der Waals surface area contributed by atoms with E-state index >= 15 is 0 Å². The minimum absolute atomic E-state index is 0.285. The smallest absolute Gasteiger partial charge is 0.140 e. The van der Waals surface area contributed by atoms with Gasteiger partial charge in [-0.1, -0.05) is 18.2 Å². The molecule has 0 bridgehead atoms. The van der Waals surface area contributed by atoms with E-state index < -0.39 is 12.2 Å². The molecule has 7 nitrogen and oxygen atoms in total. The number of halogens is 1. The maximum Gasteiger partial charge on any atom is 0.140 e. The van der Waals surface area contributed by atoms with Gasteiger partial charge in [0, 0.05) is 37.3 Å².